The number of likely N-dealkylation sites (N-methyl/N-ethyl adjacent to an activating group) is 1. The van der Waals surface area contributed by atoms with Gasteiger partial charge in [-0.15, -0.1) is 0 Å². The molecule has 0 aliphatic heterocycles. The summed E-state index contributed by atoms with van der Waals surface area (Å²) in [6, 6.07) is 13.5. The van der Waals surface area contributed by atoms with Crippen LogP contribution in [0.2, 0.25) is 15.1 Å². The Hall–Kier alpha value is -1.26. The molecule has 0 heterocycles. The van der Waals surface area contributed by atoms with Crippen molar-refractivity contribution in [2.75, 3.05) is 20.2 Å². The Kier molecular flexibility index (Phi) is 7.27. The number of halogens is 3. The molecule has 150 valence electrons. The molecule has 1 aliphatic carbocycles. The Morgan fingerprint density at radius 3 is 2.36 bits per heavy atom. The zero-order valence-electron chi connectivity index (χ0n) is 15.7. The molecular formula is C22H24Cl3NO2. The summed E-state index contributed by atoms with van der Waals surface area (Å²) in [6.07, 6.45) is 2.39. The van der Waals surface area contributed by atoms with E-state index < -0.39 is 0 Å². The summed E-state index contributed by atoms with van der Waals surface area (Å²) in [5, 5.41) is 11.1. The highest BCUT2D eigenvalue weighted by molar-refractivity contribution is 6.35. The van der Waals surface area contributed by atoms with E-state index in [-0.39, 0.29) is 30.3 Å². The molecule has 2 aromatic carbocycles. The van der Waals surface area contributed by atoms with Crippen LogP contribution in [-0.4, -0.2) is 36.1 Å². The maximum Gasteiger partial charge on any atom is 0.225 e. The highest BCUT2D eigenvalue weighted by Gasteiger charge is 2.37. The van der Waals surface area contributed by atoms with Crippen LogP contribution in [0.25, 0.3) is 0 Å². The first-order chi connectivity index (χ1) is 13.4. The molecule has 1 amide bonds. The zero-order valence-corrected chi connectivity index (χ0v) is 18.0. The Morgan fingerprint density at radius 2 is 1.71 bits per heavy atom. The van der Waals surface area contributed by atoms with Gasteiger partial charge in [0.15, 0.2) is 0 Å². The lowest BCUT2D eigenvalue weighted by Crippen LogP contribution is -2.38. The Labute approximate surface area is 181 Å². The summed E-state index contributed by atoms with van der Waals surface area (Å²) in [5.41, 5.74) is 2.23. The summed E-state index contributed by atoms with van der Waals surface area (Å²) < 4.78 is 0. The van der Waals surface area contributed by atoms with Crippen molar-refractivity contribution in [3.63, 3.8) is 0 Å². The van der Waals surface area contributed by atoms with E-state index in [1.54, 1.807) is 18.0 Å². The Morgan fingerprint density at radius 1 is 1.04 bits per heavy atom. The van der Waals surface area contributed by atoms with E-state index in [1.165, 1.54) is 0 Å². The SMILES string of the molecule is CN(CCO)C(=O)C1CCC(c2ccc(Cl)cc2Cl)C(c2ccc(Cl)cc2)C1. The summed E-state index contributed by atoms with van der Waals surface area (Å²) in [5.74, 6) is 0.382. The van der Waals surface area contributed by atoms with Gasteiger partial charge in [0, 0.05) is 34.6 Å². The topological polar surface area (TPSA) is 40.5 Å². The molecular weight excluding hydrogens is 417 g/mol. The minimum Gasteiger partial charge on any atom is -0.395 e. The molecule has 3 nitrogen and oxygen atoms in total. The molecule has 6 heteroatoms. The molecule has 3 rings (SSSR count). The highest BCUT2D eigenvalue weighted by atomic mass is 35.5. The van der Waals surface area contributed by atoms with Gasteiger partial charge in [-0.25, -0.2) is 0 Å². The molecule has 0 aromatic heterocycles. The standard InChI is InChI=1S/C22H24Cl3NO2/c1-26(10-11-27)22(28)15-4-8-18(19-9-7-17(24)13-21(19)25)20(12-15)14-2-5-16(23)6-3-14/h2-3,5-7,9,13,15,18,20,27H,4,8,10-12H2,1H3. The number of benzene rings is 2. The van der Waals surface area contributed by atoms with Crippen LogP contribution in [0.5, 0.6) is 0 Å². The van der Waals surface area contributed by atoms with Gasteiger partial charge in [-0.05, 0) is 66.5 Å². The van der Waals surface area contributed by atoms with E-state index in [9.17, 15) is 4.79 Å². The van der Waals surface area contributed by atoms with Crippen molar-refractivity contribution in [1.29, 1.82) is 0 Å². The van der Waals surface area contributed by atoms with Crippen LogP contribution in [0.3, 0.4) is 0 Å². The minimum absolute atomic E-state index is 0.0292. The lowest BCUT2D eigenvalue weighted by molar-refractivity contribution is -0.136. The number of amides is 1. The third-order valence-electron chi connectivity index (χ3n) is 5.67. The Balaban J connectivity index is 1.92. The fourth-order valence-electron chi connectivity index (χ4n) is 4.22. The second kappa shape index (κ2) is 9.49. The van der Waals surface area contributed by atoms with E-state index in [2.05, 4.69) is 0 Å². The fourth-order valence-corrected chi connectivity index (χ4v) is 4.89. The van der Waals surface area contributed by atoms with E-state index in [4.69, 9.17) is 39.9 Å². The summed E-state index contributed by atoms with van der Waals surface area (Å²) in [4.78, 5) is 14.4. The maximum atomic E-state index is 12.8. The molecule has 0 radical (unpaired) electrons. The molecule has 0 saturated heterocycles. The van der Waals surface area contributed by atoms with Crippen LogP contribution in [0.1, 0.15) is 42.2 Å². The molecule has 1 fully saturated rings. The van der Waals surface area contributed by atoms with Crippen LogP contribution in [0, 0.1) is 5.92 Å². The van der Waals surface area contributed by atoms with Gasteiger partial charge in [-0.2, -0.15) is 0 Å². The van der Waals surface area contributed by atoms with Crippen LogP contribution in [0.15, 0.2) is 42.5 Å². The lowest BCUT2D eigenvalue weighted by atomic mass is 9.68. The lowest BCUT2D eigenvalue weighted by Gasteiger charge is -2.38. The monoisotopic (exact) mass is 439 g/mol. The van der Waals surface area contributed by atoms with Gasteiger partial charge < -0.3 is 10.0 Å². The van der Waals surface area contributed by atoms with Gasteiger partial charge in [0.05, 0.1) is 6.61 Å². The summed E-state index contributed by atoms with van der Waals surface area (Å²) in [6.45, 7) is 0.325. The van der Waals surface area contributed by atoms with Gasteiger partial charge in [0.1, 0.15) is 0 Å². The fraction of sp³-hybridized carbons (Fsp3) is 0.409. The molecule has 0 spiro atoms. The number of carbonyl (C=O) groups excluding carboxylic acids is 1. The second-order valence-electron chi connectivity index (χ2n) is 7.42. The van der Waals surface area contributed by atoms with Crippen molar-refractivity contribution in [3.05, 3.63) is 68.7 Å². The first-order valence-corrected chi connectivity index (χ1v) is 10.6. The average molecular weight is 441 g/mol. The van der Waals surface area contributed by atoms with Gasteiger partial charge >= 0.3 is 0 Å². The zero-order chi connectivity index (χ0) is 20.3. The van der Waals surface area contributed by atoms with E-state index >= 15 is 0 Å². The molecule has 1 aliphatic rings. The van der Waals surface area contributed by atoms with Crippen LogP contribution >= 0.6 is 34.8 Å². The molecule has 0 bridgehead atoms. The molecule has 1 saturated carbocycles. The number of rotatable bonds is 5. The quantitative estimate of drug-likeness (QED) is 0.641. The van der Waals surface area contributed by atoms with E-state index in [0.717, 1.165) is 30.4 Å². The molecule has 2 aromatic rings. The summed E-state index contributed by atoms with van der Waals surface area (Å²) >= 11 is 18.7. The minimum atomic E-state index is -0.0699. The first-order valence-electron chi connectivity index (χ1n) is 9.47. The van der Waals surface area contributed by atoms with Crippen molar-refractivity contribution in [2.45, 2.75) is 31.1 Å². The first kappa shape index (κ1) is 21.4. The molecule has 3 unspecified atom stereocenters. The average Bonchev–Trinajstić information content (AvgIpc) is 2.68. The predicted octanol–water partition coefficient (Wildman–Crippen LogP) is 5.77. The van der Waals surface area contributed by atoms with Crippen LogP contribution < -0.4 is 0 Å². The second-order valence-corrected chi connectivity index (χ2v) is 8.70. The molecule has 3 atom stereocenters. The maximum absolute atomic E-state index is 12.8. The Bertz CT molecular complexity index is 825. The van der Waals surface area contributed by atoms with Crippen LogP contribution in [-0.2, 0) is 4.79 Å². The van der Waals surface area contributed by atoms with Gasteiger partial charge in [0.2, 0.25) is 5.91 Å². The third kappa shape index (κ3) is 4.83. The van der Waals surface area contributed by atoms with Crippen molar-refractivity contribution in [2.24, 2.45) is 5.92 Å². The van der Waals surface area contributed by atoms with Crippen molar-refractivity contribution in [3.8, 4) is 0 Å². The number of nitrogens with zero attached hydrogens (tertiary/aromatic N) is 1. The van der Waals surface area contributed by atoms with Gasteiger partial charge in [-0.3, -0.25) is 4.79 Å². The number of hydrogen-bond acceptors (Lipinski definition) is 2. The number of aliphatic hydroxyl groups excluding tert-OH is 1. The van der Waals surface area contributed by atoms with Crippen LogP contribution in [0.4, 0.5) is 0 Å². The smallest absolute Gasteiger partial charge is 0.225 e. The van der Waals surface area contributed by atoms with E-state index in [1.807, 2.05) is 36.4 Å². The van der Waals surface area contributed by atoms with Crippen molar-refractivity contribution in [1.82, 2.24) is 4.90 Å². The summed E-state index contributed by atoms with van der Waals surface area (Å²) in [7, 11) is 1.75. The number of hydrogen-bond donors (Lipinski definition) is 1. The molecule has 1 N–H and O–H groups in total. The third-order valence-corrected chi connectivity index (χ3v) is 6.49. The van der Waals surface area contributed by atoms with E-state index in [0.29, 0.717) is 21.6 Å². The van der Waals surface area contributed by atoms with Gasteiger partial charge in [-0.1, -0.05) is 53.0 Å². The number of aliphatic hydroxyl groups is 1. The van der Waals surface area contributed by atoms with Crippen molar-refractivity contribution < 1.29 is 9.90 Å². The van der Waals surface area contributed by atoms with Gasteiger partial charge in [0.25, 0.3) is 0 Å². The predicted molar refractivity (Wildman–Crippen MR) is 115 cm³/mol. The normalized spacial score (nSPS) is 22.1. The molecule has 28 heavy (non-hydrogen) atoms. The largest absolute Gasteiger partial charge is 0.395 e. The number of carbonyl (C=O) groups is 1. The highest BCUT2D eigenvalue weighted by Crippen LogP contribution is 2.48. The van der Waals surface area contributed by atoms with Crippen molar-refractivity contribution >= 4 is 40.7 Å².